The molecule has 0 spiro atoms. The average molecular weight is 335 g/mol. The van der Waals surface area contributed by atoms with Crippen LogP contribution in [0.3, 0.4) is 0 Å². The number of H-pyrrole nitrogens is 1. The number of sulfonamides is 1. The molecular weight excluding hydrogens is 321 g/mol. The number of nitrogens with one attached hydrogen (secondary N) is 1. The highest BCUT2D eigenvalue weighted by Crippen LogP contribution is 2.22. The lowest BCUT2D eigenvalue weighted by molar-refractivity contribution is -0.129. The van der Waals surface area contributed by atoms with Gasteiger partial charge >= 0.3 is 4.87 Å². The van der Waals surface area contributed by atoms with Crippen molar-refractivity contribution in [2.45, 2.75) is 11.1 Å². The third-order valence-corrected chi connectivity index (χ3v) is 6.59. The number of carbonyl (C=O) groups is 1. The molecule has 1 aliphatic rings. The zero-order valence-corrected chi connectivity index (χ0v) is 12.9. The van der Waals surface area contributed by atoms with Crippen molar-refractivity contribution in [3.05, 3.63) is 27.8 Å². The number of aromatic nitrogens is 1. The molecule has 1 aliphatic heterocycles. The summed E-state index contributed by atoms with van der Waals surface area (Å²) in [6.07, 6.45) is 0. The number of nitrogens with zero attached hydrogens (tertiary/aromatic N) is 2. The molecule has 1 aromatic heterocycles. The number of carbonyl (C=O) groups excluding carboxylic acids is 1. The second-order valence-corrected chi connectivity index (χ2v) is 7.64. The van der Waals surface area contributed by atoms with Gasteiger partial charge in [-0.2, -0.15) is 4.31 Å². The van der Waals surface area contributed by atoms with Crippen molar-refractivity contribution in [2.24, 2.45) is 0 Å². The van der Waals surface area contributed by atoms with Crippen molar-refractivity contribution < 1.29 is 17.6 Å². The molecule has 116 valence electrons. The van der Waals surface area contributed by atoms with Crippen LogP contribution in [0.1, 0.15) is 5.69 Å². The van der Waals surface area contributed by atoms with E-state index in [1.54, 1.807) is 0 Å². The Morgan fingerprint density at radius 2 is 1.90 bits per heavy atom. The zero-order valence-electron chi connectivity index (χ0n) is 11.3. The molecule has 0 saturated carbocycles. The van der Waals surface area contributed by atoms with Crippen LogP contribution in [0.15, 0.2) is 21.4 Å². The maximum atomic E-state index is 12.8. The highest BCUT2D eigenvalue weighted by atomic mass is 32.2. The number of piperazine rings is 1. The summed E-state index contributed by atoms with van der Waals surface area (Å²) in [4.78, 5) is 25.9. The van der Waals surface area contributed by atoms with E-state index in [0.717, 1.165) is 0 Å². The summed E-state index contributed by atoms with van der Waals surface area (Å²) in [7, 11) is -3.77. The Labute approximate surface area is 124 Å². The number of halogens is 1. The lowest BCUT2D eigenvalue weighted by Gasteiger charge is -2.33. The molecule has 2 rings (SSSR count). The second kappa shape index (κ2) is 5.70. The standard InChI is InChI=1S/C11H14FN3O4S2/c1-7(12)9(16)14-3-5-15(6-4-14)21(18,19)10-8(2)13-11(17)20-10/h1,3-6H2,2H3,(H,13,17). The van der Waals surface area contributed by atoms with Crippen molar-refractivity contribution in [2.75, 3.05) is 26.2 Å². The monoisotopic (exact) mass is 335 g/mol. The molecule has 2 heterocycles. The minimum atomic E-state index is -3.77. The average Bonchev–Trinajstić information content (AvgIpc) is 2.77. The Kier molecular flexibility index (Phi) is 4.30. The molecule has 0 bridgehead atoms. The Hall–Kier alpha value is -1.52. The summed E-state index contributed by atoms with van der Waals surface area (Å²) in [6.45, 7) is 4.71. The van der Waals surface area contributed by atoms with Crippen LogP contribution in [0.5, 0.6) is 0 Å². The van der Waals surface area contributed by atoms with Gasteiger partial charge in [0.2, 0.25) is 0 Å². The number of rotatable bonds is 3. The van der Waals surface area contributed by atoms with Gasteiger partial charge in [-0.25, -0.2) is 12.8 Å². The van der Waals surface area contributed by atoms with Gasteiger partial charge in [0.1, 0.15) is 0 Å². The van der Waals surface area contributed by atoms with Crippen LogP contribution in [-0.2, 0) is 14.8 Å². The van der Waals surface area contributed by atoms with Gasteiger partial charge in [-0.15, -0.1) is 0 Å². The van der Waals surface area contributed by atoms with E-state index < -0.39 is 26.6 Å². The Balaban J connectivity index is 2.15. The van der Waals surface area contributed by atoms with Gasteiger partial charge in [0, 0.05) is 31.9 Å². The molecule has 0 unspecified atom stereocenters. The Morgan fingerprint density at radius 3 is 2.33 bits per heavy atom. The van der Waals surface area contributed by atoms with E-state index in [2.05, 4.69) is 11.6 Å². The number of hydrogen-bond acceptors (Lipinski definition) is 5. The number of amides is 1. The highest BCUT2D eigenvalue weighted by molar-refractivity contribution is 7.91. The van der Waals surface area contributed by atoms with E-state index in [0.29, 0.717) is 17.0 Å². The van der Waals surface area contributed by atoms with Gasteiger partial charge < -0.3 is 9.88 Å². The molecule has 0 aliphatic carbocycles. The molecule has 21 heavy (non-hydrogen) atoms. The Morgan fingerprint density at radius 1 is 1.33 bits per heavy atom. The van der Waals surface area contributed by atoms with Crippen LogP contribution in [0.25, 0.3) is 0 Å². The van der Waals surface area contributed by atoms with E-state index in [9.17, 15) is 22.4 Å². The number of aryl methyl sites for hydroxylation is 1. The lowest BCUT2D eigenvalue weighted by atomic mass is 10.3. The quantitative estimate of drug-likeness (QED) is 0.791. The van der Waals surface area contributed by atoms with Crippen LogP contribution in [-0.4, -0.2) is 54.7 Å². The van der Waals surface area contributed by atoms with Crippen molar-refractivity contribution in [1.29, 1.82) is 0 Å². The molecular formula is C11H14FN3O4S2. The highest BCUT2D eigenvalue weighted by Gasteiger charge is 2.33. The van der Waals surface area contributed by atoms with Crippen LogP contribution < -0.4 is 4.87 Å². The fraction of sp³-hybridized carbons (Fsp3) is 0.455. The first-order valence-electron chi connectivity index (χ1n) is 6.07. The molecule has 1 saturated heterocycles. The minimum absolute atomic E-state index is 0.0258. The first-order chi connectivity index (χ1) is 9.73. The first-order valence-corrected chi connectivity index (χ1v) is 8.32. The third-order valence-electron chi connectivity index (χ3n) is 3.11. The topological polar surface area (TPSA) is 90.6 Å². The smallest absolute Gasteiger partial charge is 0.305 e. The van der Waals surface area contributed by atoms with Gasteiger partial charge in [0.25, 0.3) is 15.9 Å². The van der Waals surface area contributed by atoms with Crippen molar-refractivity contribution in [1.82, 2.24) is 14.2 Å². The number of thiazole rings is 1. The predicted octanol–water partition coefficient (Wildman–Crippen LogP) is 0.0609. The normalized spacial score (nSPS) is 17.0. The van der Waals surface area contributed by atoms with Crippen LogP contribution in [0.4, 0.5) is 4.39 Å². The maximum absolute atomic E-state index is 12.8. The van der Waals surface area contributed by atoms with E-state index >= 15 is 0 Å². The van der Waals surface area contributed by atoms with E-state index in [1.165, 1.54) is 16.1 Å². The van der Waals surface area contributed by atoms with Crippen LogP contribution in [0.2, 0.25) is 0 Å². The van der Waals surface area contributed by atoms with Gasteiger partial charge in [0.15, 0.2) is 10.0 Å². The zero-order chi connectivity index (χ0) is 15.8. The second-order valence-electron chi connectivity index (χ2n) is 4.53. The summed E-state index contributed by atoms with van der Waals surface area (Å²) in [5, 5.41) is 0. The van der Waals surface area contributed by atoms with E-state index in [1.807, 2.05) is 0 Å². The molecule has 0 atom stereocenters. The van der Waals surface area contributed by atoms with Crippen LogP contribution in [0, 0.1) is 6.92 Å². The van der Waals surface area contributed by atoms with Gasteiger partial charge in [0.05, 0.1) is 0 Å². The fourth-order valence-corrected chi connectivity index (χ4v) is 4.91. The van der Waals surface area contributed by atoms with E-state index in [-0.39, 0.29) is 30.4 Å². The minimum Gasteiger partial charge on any atom is -0.334 e. The molecule has 0 aromatic carbocycles. The number of aromatic amines is 1. The first kappa shape index (κ1) is 15.9. The van der Waals surface area contributed by atoms with E-state index in [4.69, 9.17) is 0 Å². The molecule has 0 radical (unpaired) electrons. The van der Waals surface area contributed by atoms with Gasteiger partial charge in [-0.1, -0.05) is 17.9 Å². The summed E-state index contributed by atoms with van der Waals surface area (Å²) in [5.74, 6) is -1.89. The molecule has 10 heteroatoms. The summed E-state index contributed by atoms with van der Waals surface area (Å²) in [5.41, 5.74) is 0.292. The lowest BCUT2D eigenvalue weighted by Crippen LogP contribution is -2.50. The number of hydrogen-bond donors (Lipinski definition) is 1. The van der Waals surface area contributed by atoms with Crippen molar-refractivity contribution >= 4 is 27.3 Å². The van der Waals surface area contributed by atoms with Gasteiger partial charge in [-0.05, 0) is 6.92 Å². The fourth-order valence-electron chi connectivity index (χ4n) is 2.06. The summed E-state index contributed by atoms with van der Waals surface area (Å²) in [6, 6.07) is 0. The SMILES string of the molecule is C=C(F)C(=O)N1CCN(S(=O)(=O)c2sc(=O)[nH]c2C)CC1. The largest absolute Gasteiger partial charge is 0.334 e. The Bertz CT molecular complexity index is 729. The molecule has 7 nitrogen and oxygen atoms in total. The van der Waals surface area contributed by atoms with Crippen molar-refractivity contribution in [3.63, 3.8) is 0 Å². The summed E-state index contributed by atoms with van der Waals surface area (Å²) < 4.78 is 38.8. The third kappa shape index (κ3) is 3.06. The molecule has 1 fully saturated rings. The molecule has 1 N–H and O–H groups in total. The van der Waals surface area contributed by atoms with Gasteiger partial charge in [-0.3, -0.25) is 9.59 Å². The molecule has 1 amide bonds. The summed E-state index contributed by atoms with van der Waals surface area (Å²) >= 11 is 0.632. The van der Waals surface area contributed by atoms with Crippen LogP contribution >= 0.6 is 11.3 Å². The van der Waals surface area contributed by atoms with Crippen molar-refractivity contribution in [3.8, 4) is 0 Å². The maximum Gasteiger partial charge on any atom is 0.305 e. The predicted molar refractivity (Wildman–Crippen MR) is 75.3 cm³/mol. The molecule has 1 aromatic rings.